The molecule has 1 fully saturated rings. The third-order valence-corrected chi connectivity index (χ3v) is 5.28. The first-order chi connectivity index (χ1) is 12.5. The first-order valence-corrected chi connectivity index (χ1v) is 9.44. The Hall–Kier alpha value is -2.16. The van der Waals surface area contributed by atoms with Gasteiger partial charge in [0.05, 0.1) is 18.2 Å². The van der Waals surface area contributed by atoms with Crippen molar-refractivity contribution in [3.8, 4) is 11.5 Å². The van der Waals surface area contributed by atoms with E-state index in [4.69, 9.17) is 17.0 Å². The Morgan fingerprint density at radius 3 is 2.62 bits per heavy atom. The van der Waals surface area contributed by atoms with Crippen molar-refractivity contribution < 1.29 is 14.6 Å². The lowest BCUT2D eigenvalue weighted by molar-refractivity contribution is -0.122. The number of phenolic OH excluding ortho intramolecular Hbond substituents is 1. The smallest absolute Gasteiger partial charge is 0.286 e. The highest BCUT2D eigenvalue weighted by Gasteiger charge is 2.32. The third-order valence-electron chi connectivity index (χ3n) is 3.47. The number of phenols is 1. The molecule has 1 N–H and O–H groups in total. The van der Waals surface area contributed by atoms with Gasteiger partial charge < -0.3 is 9.84 Å². The molecular formula is C18H13BrN2O3S2. The Kier molecular flexibility index (Phi) is 5.75. The number of amides is 1. The molecule has 26 heavy (non-hydrogen) atoms. The van der Waals surface area contributed by atoms with E-state index in [1.807, 2.05) is 24.3 Å². The highest BCUT2D eigenvalue weighted by Crippen LogP contribution is 2.34. The summed E-state index contributed by atoms with van der Waals surface area (Å²) >= 11 is 9.80. The zero-order valence-corrected chi connectivity index (χ0v) is 16.8. The summed E-state index contributed by atoms with van der Waals surface area (Å²) in [5, 5.41) is 15.1. The highest BCUT2D eigenvalue weighted by molar-refractivity contribution is 9.10. The van der Waals surface area contributed by atoms with Crippen molar-refractivity contribution in [2.75, 3.05) is 7.11 Å². The molecule has 0 aliphatic carbocycles. The van der Waals surface area contributed by atoms with Gasteiger partial charge in [-0.3, -0.25) is 4.79 Å². The van der Waals surface area contributed by atoms with E-state index >= 15 is 0 Å². The number of hydrogen-bond acceptors (Lipinski definition) is 6. The first kappa shape index (κ1) is 18.6. The van der Waals surface area contributed by atoms with Gasteiger partial charge in [-0.25, -0.2) is 0 Å². The van der Waals surface area contributed by atoms with Crippen LogP contribution in [0, 0.1) is 0 Å². The normalized spacial score (nSPS) is 16.1. The molecule has 0 saturated carbocycles. The maximum Gasteiger partial charge on any atom is 0.286 e. The number of aromatic hydroxyl groups is 1. The van der Waals surface area contributed by atoms with Gasteiger partial charge in [-0.15, -0.1) is 0 Å². The predicted octanol–water partition coefficient (Wildman–Crippen LogP) is 4.40. The van der Waals surface area contributed by atoms with Crippen molar-refractivity contribution in [3.63, 3.8) is 0 Å². The van der Waals surface area contributed by atoms with Gasteiger partial charge in [0.25, 0.3) is 5.91 Å². The molecule has 1 amide bonds. The molecule has 2 aromatic rings. The summed E-state index contributed by atoms with van der Waals surface area (Å²) in [5.41, 5.74) is 1.58. The molecule has 0 bridgehead atoms. The van der Waals surface area contributed by atoms with Crippen LogP contribution in [0.15, 0.2) is 56.9 Å². The van der Waals surface area contributed by atoms with Crippen LogP contribution >= 0.6 is 39.9 Å². The monoisotopic (exact) mass is 448 g/mol. The minimum Gasteiger partial charge on any atom is -0.504 e. The summed E-state index contributed by atoms with van der Waals surface area (Å²) in [4.78, 5) is 13.0. The topological polar surface area (TPSA) is 62.1 Å². The van der Waals surface area contributed by atoms with E-state index in [1.54, 1.807) is 24.4 Å². The minimum absolute atomic E-state index is 0.0382. The third kappa shape index (κ3) is 4.14. The second-order valence-electron chi connectivity index (χ2n) is 5.22. The summed E-state index contributed by atoms with van der Waals surface area (Å²) < 4.78 is 6.41. The van der Waals surface area contributed by atoms with Crippen LogP contribution in [0.3, 0.4) is 0 Å². The second-order valence-corrected chi connectivity index (χ2v) is 7.81. The Morgan fingerprint density at radius 1 is 1.23 bits per heavy atom. The maximum atomic E-state index is 12.6. The molecule has 0 spiro atoms. The Morgan fingerprint density at radius 2 is 1.92 bits per heavy atom. The van der Waals surface area contributed by atoms with Gasteiger partial charge in [0.2, 0.25) is 0 Å². The number of thioether (sulfide) groups is 1. The molecule has 2 aromatic carbocycles. The van der Waals surface area contributed by atoms with Crippen molar-refractivity contribution in [2.24, 2.45) is 5.10 Å². The minimum atomic E-state index is -0.291. The van der Waals surface area contributed by atoms with Crippen LogP contribution in [0.1, 0.15) is 11.1 Å². The standard InChI is InChI=1S/C18H13BrN2O3S2/c1-24-15-8-12(4-7-14(15)22)9-16-17(23)21(18(25)26-16)20-10-11-2-5-13(19)6-3-11/h2-10,22H,1H3/b16-9+,20-10+. The lowest BCUT2D eigenvalue weighted by Gasteiger charge is -2.06. The van der Waals surface area contributed by atoms with Crippen molar-refractivity contribution in [2.45, 2.75) is 0 Å². The molecule has 0 unspecified atom stereocenters. The number of ether oxygens (including phenoxy) is 1. The van der Waals surface area contributed by atoms with Crippen molar-refractivity contribution in [3.05, 3.63) is 63.0 Å². The average molecular weight is 449 g/mol. The number of carbonyl (C=O) groups is 1. The fourth-order valence-corrected chi connectivity index (χ4v) is 3.60. The number of methoxy groups -OCH3 is 1. The van der Waals surface area contributed by atoms with Gasteiger partial charge in [0.1, 0.15) is 0 Å². The molecule has 0 aromatic heterocycles. The van der Waals surface area contributed by atoms with Crippen LogP contribution in [-0.2, 0) is 4.79 Å². The molecule has 1 heterocycles. The van der Waals surface area contributed by atoms with Crippen LogP contribution in [0.25, 0.3) is 6.08 Å². The van der Waals surface area contributed by atoms with Gasteiger partial charge in [-0.2, -0.15) is 10.1 Å². The summed E-state index contributed by atoms with van der Waals surface area (Å²) in [6.45, 7) is 0. The average Bonchev–Trinajstić information content (AvgIpc) is 2.89. The quantitative estimate of drug-likeness (QED) is 0.426. The van der Waals surface area contributed by atoms with E-state index in [1.165, 1.54) is 29.9 Å². The van der Waals surface area contributed by atoms with Gasteiger partial charge in [0, 0.05) is 4.47 Å². The fraction of sp³-hybridized carbons (Fsp3) is 0.0556. The van der Waals surface area contributed by atoms with Gasteiger partial charge in [0.15, 0.2) is 15.8 Å². The fourth-order valence-electron chi connectivity index (χ4n) is 2.17. The lowest BCUT2D eigenvalue weighted by atomic mass is 10.2. The maximum absolute atomic E-state index is 12.6. The van der Waals surface area contributed by atoms with E-state index in [2.05, 4.69) is 21.0 Å². The Labute approximate surface area is 168 Å². The largest absolute Gasteiger partial charge is 0.504 e. The van der Waals surface area contributed by atoms with Gasteiger partial charge in [-0.1, -0.05) is 45.9 Å². The van der Waals surface area contributed by atoms with Crippen molar-refractivity contribution >= 4 is 62.4 Å². The van der Waals surface area contributed by atoms with Crippen LogP contribution in [-0.4, -0.2) is 33.7 Å². The molecule has 1 saturated heterocycles. The van der Waals surface area contributed by atoms with Crippen LogP contribution < -0.4 is 4.74 Å². The summed E-state index contributed by atoms with van der Waals surface area (Å²) in [6, 6.07) is 12.4. The Bertz CT molecular complexity index is 927. The number of halogens is 1. The van der Waals surface area contributed by atoms with Crippen LogP contribution in [0.2, 0.25) is 0 Å². The molecule has 132 valence electrons. The summed E-state index contributed by atoms with van der Waals surface area (Å²) in [6.07, 6.45) is 3.28. The highest BCUT2D eigenvalue weighted by atomic mass is 79.9. The summed E-state index contributed by atoms with van der Waals surface area (Å²) in [5.74, 6) is 0.0826. The SMILES string of the molecule is COc1cc(/C=C2/SC(=S)N(/N=C/c3ccc(Br)cc3)C2=O)ccc1O. The molecular weight excluding hydrogens is 436 g/mol. The molecule has 3 rings (SSSR count). The number of carbonyl (C=O) groups excluding carboxylic acids is 1. The van der Waals surface area contributed by atoms with Crippen molar-refractivity contribution in [1.82, 2.24) is 5.01 Å². The summed E-state index contributed by atoms with van der Waals surface area (Å²) in [7, 11) is 1.47. The zero-order chi connectivity index (χ0) is 18.7. The predicted molar refractivity (Wildman–Crippen MR) is 111 cm³/mol. The second kappa shape index (κ2) is 8.03. The number of thiocarbonyl (C=S) groups is 1. The van der Waals surface area contributed by atoms with Gasteiger partial charge >= 0.3 is 0 Å². The van der Waals surface area contributed by atoms with Crippen LogP contribution in [0.4, 0.5) is 0 Å². The molecule has 5 nitrogen and oxygen atoms in total. The molecule has 8 heteroatoms. The number of nitrogens with zero attached hydrogens (tertiary/aromatic N) is 2. The zero-order valence-electron chi connectivity index (χ0n) is 13.5. The Balaban J connectivity index is 1.81. The molecule has 0 radical (unpaired) electrons. The van der Waals surface area contributed by atoms with E-state index in [0.29, 0.717) is 15.0 Å². The molecule has 1 aliphatic heterocycles. The van der Waals surface area contributed by atoms with E-state index in [0.717, 1.165) is 15.6 Å². The van der Waals surface area contributed by atoms with E-state index in [9.17, 15) is 9.90 Å². The van der Waals surface area contributed by atoms with E-state index in [-0.39, 0.29) is 11.7 Å². The van der Waals surface area contributed by atoms with Gasteiger partial charge in [-0.05, 0) is 53.7 Å². The first-order valence-electron chi connectivity index (χ1n) is 7.42. The lowest BCUT2D eigenvalue weighted by Crippen LogP contribution is -2.22. The van der Waals surface area contributed by atoms with Crippen LogP contribution in [0.5, 0.6) is 11.5 Å². The number of benzene rings is 2. The number of hydrazone groups is 1. The molecule has 0 atom stereocenters. The molecule has 1 aliphatic rings. The van der Waals surface area contributed by atoms with Crippen molar-refractivity contribution in [1.29, 1.82) is 0 Å². The number of rotatable bonds is 4. The number of hydrogen-bond donors (Lipinski definition) is 1. The van der Waals surface area contributed by atoms with E-state index < -0.39 is 0 Å².